The zero-order valence-corrected chi connectivity index (χ0v) is 18.8. The number of rotatable bonds is 7. The van der Waals surface area contributed by atoms with Crippen molar-refractivity contribution in [2.24, 2.45) is 5.92 Å². The lowest BCUT2D eigenvalue weighted by Crippen LogP contribution is -3.15. The number of benzene rings is 1. The summed E-state index contributed by atoms with van der Waals surface area (Å²) < 4.78 is 7.88. The molecule has 0 saturated carbocycles. The van der Waals surface area contributed by atoms with Crippen LogP contribution in [-0.4, -0.2) is 54.6 Å². The number of hydrogen-bond donors (Lipinski definition) is 2. The molecule has 1 saturated heterocycles. The summed E-state index contributed by atoms with van der Waals surface area (Å²) in [6.45, 7) is 11.7. The number of ether oxygens (including phenoxy) is 1. The van der Waals surface area contributed by atoms with Crippen LogP contribution in [0.4, 0.5) is 0 Å². The molecule has 2 N–H and O–H groups in total. The third-order valence-electron chi connectivity index (χ3n) is 5.52. The van der Waals surface area contributed by atoms with Gasteiger partial charge in [-0.2, -0.15) is 5.10 Å². The van der Waals surface area contributed by atoms with Crippen molar-refractivity contribution in [3.8, 4) is 0 Å². The topological polar surface area (TPSA) is 60.6 Å². The molecule has 3 aromatic rings. The molecule has 4 rings (SSSR count). The zero-order valence-electron chi connectivity index (χ0n) is 18.0. The van der Waals surface area contributed by atoms with Gasteiger partial charge >= 0.3 is 0 Å². The Hall–Kier alpha value is -2.22. The van der Waals surface area contributed by atoms with Crippen LogP contribution in [0, 0.1) is 12.8 Å². The Balaban J connectivity index is 1.41. The Morgan fingerprint density at radius 3 is 2.93 bits per heavy atom. The molecule has 1 fully saturated rings. The average Bonchev–Trinajstić information content (AvgIpc) is 3.28. The summed E-state index contributed by atoms with van der Waals surface area (Å²) >= 11 is 1.51. The van der Waals surface area contributed by atoms with E-state index in [0.29, 0.717) is 19.0 Å². The number of fused-ring (bicyclic) bond motifs is 1. The highest BCUT2D eigenvalue weighted by atomic mass is 32.1. The maximum Gasteiger partial charge on any atom is 0.261 e. The predicted molar refractivity (Wildman–Crippen MR) is 120 cm³/mol. The quantitative estimate of drug-likeness (QED) is 0.607. The van der Waals surface area contributed by atoms with Crippen molar-refractivity contribution in [3.63, 3.8) is 0 Å². The van der Waals surface area contributed by atoms with Gasteiger partial charge in [-0.25, -0.2) is 0 Å². The molecule has 1 amide bonds. The number of aryl methyl sites for hydroxylation is 1. The number of hydrogen-bond acceptors (Lipinski definition) is 4. The first-order valence-electron chi connectivity index (χ1n) is 10.7. The van der Waals surface area contributed by atoms with Crippen molar-refractivity contribution >= 4 is 27.5 Å². The van der Waals surface area contributed by atoms with Crippen LogP contribution >= 0.6 is 11.3 Å². The third kappa shape index (κ3) is 4.91. The zero-order chi connectivity index (χ0) is 21.1. The van der Waals surface area contributed by atoms with Gasteiger partial charge in [0.05, 0.1) is 30.3 Å². The van der Waals surface area contributed by atoms with Gasteiger partial charge in [0.25, 0.3) is 5.91 Å². The fraction of sp³-hybridized carbons (Fsp3) is 0.478. The number of carbonyl (C=O) groups excluding carboxylic acids is 1. The molecule has 30 heavy (non-hydrogen) atoms. The number of nitrogens with one attached hydrogen (secondary N) is 2. The molecule has 1 aromatic carbocycles. The Labute approximate surface area is 181 Å². The molecule has 0 spiro atoms. The number of amides is 1. The first-order chi connectivity index (χ1) is 14.5. The predicted octanol–water partition coefficient (Wildman–Crippen LogP) is 2.12. The molecular formula is C23H31N4O2S+. The van der Waals surface area contributed by atoms with Gasteiger partial charge in [0.15, 0.2) is 0 Å². The lowest BCUT2D eigenvalue weighted by Gasteiger charge is -2.31. The van der Waals surface area contributed by atoms with Crippen molar-refractivity contribution in [1.29, 1.82) is 0 Å². The molecule has 160 valence electrons. The van der Waals surface area contributed by atoms with Crippen molar-refractivity contribution in [3.05, 3.63) is 52.5 Å². The molecular weight excluding hydrogens is 396 g/mol. The largest absolute Gasteiger partial charge is 0.365 e. The van der Waals surface area contributed by atoms with E-state index in [2.05, 4.69) is 36.4 Å². The minimum atomic E-state index is -0.0264. The van der Waals surface area contributed by atoms with Crippen LogP contribution in [0.3, 0.4) is 0 Å². The van der Waals surface area contributed by atoms with Crippen molar-refractivity contribution in [2.45, 2.75) is 33.4 Å². The van der Waals surface area contributed by atoms with Crippen LogP contribution in [0.5, 0.6) is 0 Å². The second-order valence-electron chi connectivity index (χ2n) is 8.56. The molecule has 3 heterocycles. The minimum absolute atomic E-state index is 0.0264. The Morgan fingerprint density at radius 2 is 2.17 bits per heavy atom. The number of aromatic nitrogens is 2. The maximum absolute atomic E-state index is 12.8. The smallest absolute Gasteiger partial charge is 0.261 e. The van der Waals surface area contributed by atoms with Crippen LogP contribution in [0.2, 0.25) is 0 Å². The summed E-state index contributed by atoms with van der Waals surface area (Å²) in [5.41, 5.74) is 2.16. The highest BCUT2D eigenvalue weighted by Gasteiger charge is 2.25. The Bertz CT molecular complexity index is 995. The van der Waals surface area contributed by atoms with Gasteiger partial charge in [0.2, 0.25) is 0 Å². The summed E-state index contributed by atoms with van der Waals surface area (Å²) in [6, 6.07) is 12.2. The van der Waals surface area contributed by atoms with Crippen LogP contribution < -0.4 is 10.2 Å². The standard InChI is InChI=1S/C23H30N4O2S/c1-16(2)13-26-9-10-29-19(15-26)12-24-22(28)21-11-20-17(3)25-27(23(20)30-21)14-18-7-5-4-6-8-18/h4-8,11,16,19H,9-10,12-15H2,1-3H3,(H,24,28)/p+1/t19-/m1/s1. The van der Waals surface area contributed by atoms with E-state index in [1.54, 1.807) is 4.90 Å². The summed E-state index contributed by atoms with van der Waals surface area (Å²) in [4.78, 5) is 16.1. The molecule has 6 nitrogen and oxygen atoms in total. The van der Waals surface area contributed by atoms with Crippen molar-refractivity contribution < 1.29 is 14.4 Å². The normalized spacial score (nSPS) is 19.5. The molecule has 2 aromatic heterocycles. The second kappa shape index (κ2) is 9.29. The van der Waals surface area contributed by atoms with E-state index in [1.807, 2.05) is 35.9 Å². The molecule has 2 atom stereocenters. The Kier molecular flexibility index (Phi) is 6.51. The highest BCUT2D eigenvalue weighted by molar-refractivity contribution is 7.20. The van der Waals surface area contributed by atoms with Crippen LogP contribution in [0.15, 0.2) is 36.4 Å². The van der Waals surface area contributed by atoms with E-state index < -0.39 is 0 Å². The van der Waals surface area contributed by atoms with Crippen molar-refractivity contribution in [2.75, 3.05) is 32.8 Å². The van der Waals surface area contributed by atoms with Gasteiger partial charge in [0, 0.05) is 17.8 Å². The van der Waals surface area contributed by atoms with Crippen LogP contribution in [-0.2, 0) is 11.3 Å². The lowest BCUT2D eigenvalue weighted by molar-refractivity contribution is -0.914. The van der Waals surface area contributed by atoms with E-state index in [0.717, 1.165) is 47.0 Å². The molecule has 0 aliphatic carbocycles. The number of carbonyl (C=O) groups is 1. The summed E-state index contributed by atoms with van der Waals surface area (Å²) in [6.07, 6.45) is 0.0844. The fourth-order valence-corrected chi connectivity index (χ4v) is 5.21. The van der Waals surface area contributed by atoms with E-state index in [1.165, 1.54) is 16.9 Å². The number of thiophene rings is 1. The first kappa shape index (κ1) is 21.0. The summed E-state index contributed by atoms with van der Waals surface area (Å²) in [7, 11) is 0. The summed E-state index contributed by atoms with van der Waals surface area (Å²) in [5, 5.41) is 8.81. The number of quaternary nitrogens is 1. The SMILES string of the molecule is Cc1nn(Cc2ccccc2)c2sc(C(=O)NC[C@@H]3C[NH+](CC(C)C)CCO3)cc12. The molecule has 7 heteroatoms. The van der Waals surface area contributed by atoms with Gasteiger partial charge in [-0.3, -0.25) is 9.48 Å². The highest BCUT2D eigenvalue weighted by Crippen LogP contribution is 2.28. The van der Waals surface area contributed by atoms with Gasteiger partial charge < -0.3 is 15.0 Å². The Morgan fingerprint density at radius 1 is 1.37 bits per heavy atom. The van der Waals surface area contributed by atoms with Gasteiger partial charge in [-0.15, -0.1) is 11.3 Å². The maximum atomic E-state index is 12.8. The van der Waals surface area contributed by atoms with Crippen molar-refractivity contribution in [1.82, 2.24) is 15.1 Å². The molecule has 1 aliphatic rings. The monoisotopic (exact) mass is 427 g/mol. The molecule has 0 bridgehead atoms. The molecule has 0 radical (unpaired) electrons. The van der Waals surface area contributed by atoms with Gasteiger partial charge in [-0.05, 0) is 18.6 Å². The minimum Gasteiger partial charge on any atom is -0.365 e. The van der Waals surface area contributed by atoms with Gasteiger partial charge in [0.1, 0.15) is 24.0 Å². The number of nitrogens with zero attached hydrogens (tertiary/aromatic N) is 2. The molecule has 1 unspecified atom stereocenters. The average molecular weight is 428 g/mol. The van der Waals surface area contributed by atoms with E-state index >= 15 is 0 Å². The van der Waals surface area contributed by atoms with E-state index in [-0.39, 0.29) is 12.0 Å². The lowest BCUT2D eigenvalue weighted by atomic mass is 10.2. The summed E-state index contributed by atoms with van der Waals surface area (Å²) in [5.74, 6) is 0.645. The number of morpholine rings is 1. The fourth-order valence-electron chi connectivity index (χ4n) is 4.13. The molecule has 1 aliphatic heterocycles. The van der Waals surface area contributed by atoms with E-state index in [9.17, 15) is 4.79 Å². The van der Waals surface area contributed by atoms with E-state index in [4.69, 9.17) is 4.74 Å². The second-order valence-corrected chi connectivity index (χ2v) is 9.59. The van der Waals surface area contributed by atoms with Crippen LogP contribution in [0.1, 0.15) is 34.8 Å². The third-order valence-corrected chi connectivity index (χ3v) is 6.67. The first-order valence-corrected chi connectivity index (χ1v) is 11.6. The van der Waals surface area contributed by atoms with Crippen LogP contribution in [0.25, 0.3) is 10.2 Å². The van der Waals surface area contributed by atoms with Gasteiger partial charge in [-0.1, -0.05) is 44.2 Å².